The fourth-order valence-corrected chi connectivity index (χ4v) is 4.22. The van der Waals surface area contributed by atoms with Gasteiger partial charge in [-0.15, -0.1) is 0 Å². The molecule has 1 aliphatic carbocycles. The van der Waals surface area contributed by atoms with Crippen molar-refractivity contribution in [3.05, 3.63) is 18.3 Å². The Bertz CT molecular complexity index is 902. The third-order valence-electron chi connectivity index (χ3n) is 5.62. The average Bonchev–Trinajstić information content (AvgIpc) is 3.39. The van der Waals surface area contributed by atoms with E-state index in [2.05, 4.69) is 19.8 Å². The number of carbonyl (C=O) groups is 2. The van der Waals surface area contributed by atoms with Crippen molar-refractivity contribution < 1.29 is 44.9 Å². The van der Waals surface area contributed by atoms with Crippen LogP contribution in [-0.4, -0.2) is 63.9 Å². The Hall–Kier alpha value is -2.58. The van der Waals surface area contributed by atoms with Gasteiger partial charge in [-0.3, -0.25) is 9.52 Å². The SMILES string of the molecule is CS(=O)Nc1ccc(NC(=O)C2CC23CCN(C(=O)OC(C(F)(F)F)C(F)(F)F)CC3)cn1. The number of nitrogens with zero attached hydrogens (tertiary/aromatic N) is 2. The Labute approximate surface area is 186 Å². The number of amides is 2. The predicted octanol–water partition coefficient (Wildman–Crippen LogP) is 3.46. The summed E-state index contributed by atoms with van der Waals surface area (Å²) in [6, 6.07) is 3.09. The average molecular weight is 502 g/mol. The van der Waals surface area contributed by atoms with E-state index in [9.17, 15) is 40.1 Å². The Kier molecular flexibility index (Phi) is 6.82. The standard InChI is InChI=1S/C18H20F6N4O4S/c1-33(31)27-12-3-2-10(9-25-12)26-13(29)11-8-16(11)4-6-28(7-5-16)15(30)32-14(17(19,20)21)18(22,23)24/h2-3,9,11,14H,4-8H2,1H3,(H,25,27)(H,26,29). The first-order valence-electron chi connectivity index (χ1n) is 9.67. The van der Waals surface area contributed by atoms with Crippen LogP contribution >= 0.6 is 0 Å². The molecule has 1 saturated heterocycles. The van der Waals surface area contributed by atoms with Crippen LogP contribution in [0.3, 0.4) is 0 Å². The van der Waals surface area contributed by atoms with Crippen LogP contribution in [-0.2, 0) is 20.5 Å². The van der Waals surface area contributed by atoms with Crippen molar-refractivity contribution in [3.8, 4) is 0 Å². The second kappa shape index (κ2) is 8.99. The maximum absolute atomic E-state index is 12.6. The molecule has 1 saturated carbocycles. The summed E-state index contributed by atoms with van der Waals surface area (Å²) in [4.78, 5) is 29.2. The number of anilines is 2. The quantitative estimate of drug-likeness (QED) is 0.601. The molecule has 2 unspecified atom stereocenters. The van der Waals surface area contributed by atoms with Crippen LogP contribution in [0.2, 0.25) is 0 Å². The Morgan fingerprint density at radius 1 is 1.18 bits per heavy atom. The summed E-state index contributed by atoms with van der Waals surface area (Å²) in [7, 11) is -1.31. The molecule has 1 aromatic heterocycles. The van der Waals surface area contributed by atoms with Crippen molar-refractivity contribution >= 4 is 34.5 Å². The Morgan fingerprint density at radius 2 is 1.79 bits per heavy atom. The molecule has 8 nitrogen and oxygen atoms in total. The number of nitrogens with one attached hydrogen (secondary N) is 2. The molecule has 1 aliphatic heterocycles. The number of likely N-dealkylation sites (tertiary alicyclic amines) is 1. The van der Waals surface area contributed by atoms with Crippen LogP contribution in [0, 0.1) is 11.3 Å². The number of rotatable bonds is 5. The van der Waals surface area contributed by atoms with Crippen molar-refractivity contribution in [1.82, 2.24) is 9.88 Å². The third-order valence-corrected chi connectivity index (χ3v) is 6.11. The summed E-state index contributed by atoms with van der Waals surface area (Å²) in [5.41, 5.74) is -0.0663. The van der Waals surface area contributed by atoms with Crippen LogP contribution in [0.15, 0.2) is 18.3 Å². The minimum atomic E-state index is -5.78. The van der Waals surface area contributed by atoms with Gasteiger partial charge in [0.25, 0.3) is 6.10 Å². The maximum Gasteiger partial charge on any atom is 0.434 e. The summed E-state index contributed by atoms with van der Waals surface area (Å²) >= 11 is 0. The van der Waals surface area contributed by atoms with Crippen LogP contribution in [0.25, 0.3) is 0 Å². The zero-order chi connectivity index (χ0) is 24.6. The van der Waals surface area contributed by atoms with E-state index in [1.54, 1.807) is 6.07 Å². The monoisotopic (exact) mass is 502 g/mol. The molecule has 0 radical (unpaired) electrons. The van der Waals surface area contributed by atoms with Crippen LogP contribution in [0.1, 0.15) is 19.3 Å². The van der Waals surface area contributed by atoms with Crippen molar-refractivity contribution in [2.75, 3.05) is 29.4 Å². The molecule has 0 bridgehead atoms. The lowest BCUT2D eigenvalue weighted by Gasteiger charge is -2.33. The van der Waals surface area contributed by atoms with Crippen LogP contribution < -0.4 is 10.0 Å². The first kappa shape index (κ1) is 25.1. The number of piperidine rings is 1. The van der Waals surface area contributed by atoms with Gasteiger partial charge < -0.3 is 15.0 Å². The van der Waals surface area contributed by atoms with Gasteiger partial charge in [-0.05, 0) is 36.8 Å². The maximum atomic E-state index is 12.6. The van der Waals surface area contributed by atoms with E-state index in [0.29, 0.717) is 17.9 Å². The fraction of sp³-hybridized carbons (Fsp3) is 0.611. The Balaban J connectivity index is 1.51. The van der Waals surface area contributed by atoms with Gasteiger partial charge in [0.15, 0.2) is 0 Å². The van der Waals surface area contributed by atoms with E-state index in [4.69, 9.17) is 0 Å². The number of hydrogen-bond acceptors (Lipinski definition) is 5. The first-order valence-corrected chi connectivity index (χ1v) is 11.2. The lowest BCUT2D eigenvalue weighted by atomic mass is 9.91. The topological polar surface area (TPSA) is 101 Å². The van der Waals surface area contributed by atoms with Gasteiger partial charge in [-0.25, -0.2) is 14.0 Å². The molecule has 1 aromatic rings. The number of halogens is 6. The number of hydrogen-bond donors (Lipinski definition) is 2. The van der Waals surface area contributed by atoms with Crippen LogP contribution in [0.5, 0.6) is 0 Å². The van der Waals surface area contributed by atoms with Gasteiger partial charge in [0.05, 0.1) is 11.9 Å². The van der Waals surface area contributed by atoms with E-state index in [0.717, 1.165) is 4.90 Å². The molecule has 2 amide bonds. The molecule has 33 heavy (non-hydrogen) atoms. The smallest absolute Gasteiger partial charge is 0.426 e. The van der Waals surface area contributed by atoms with Gasteiger partial charge in [-0.2, -0.15) is 26.3 Å². The number of carbonyl (C=O) groups excluding carboxylic acids is 2. The highest BCUT2D eigenvalue weighted by Crippen LogP contribution is 2.59. The van der Waals surface area contributed by atoms with Gasteiger partial charge in [0, 0.05) is 25.3 Å². The minimum Gasteiger partial charge on any atom is -0.426 e. The van der Waals surface area contributed by atoms with E-state index in [1.807, 2.05) is 0 Å². The van der Waals surface area contributed by atoms with Gasteiger partial charge in [-0.1, -0.05) is 0 Å². The second-order valence-electron chi connectivity index (χ2n) is 7.93. The fourth-order valence-electron chi connectivity index (χ4n) is 3.80. The molecule has 15 heteroatoms. The lowest BCUT2D eigenvalue weighted by Crippen LogP contribution is -2.49. The molecule has 2 aliphatic rings. The van der Waals surface area contributed by atoms with E-state index >= 15 is 0 Å². The zero-order valence-electron chi connectivity index (χ0n) is 17.1. The van der Waals surface area contributed by atoms with E-state index in [-0.39, 0.29) is 31.8 Å². The predicted molar refractivity (Wildman–Crippen MR) is 104 cm³/mol. The van der Waals surface area contributed by atoms with Crippen molar-refractivity contribution in [3.63, 3.8) is 0 Å². The van der Waals surface area contributed by atoms with Gasteiger partial charge in [0.1, 0.15) is 16.8 Å². The molecule has 0 aromatic carbocycles. The number of alkyl halides is 6. The third kappa shape index (κ3) is 6.06. The molecule has 1 spiro atoms. The summed E-state index contributed by atoms with van der Waals surface area (Å²) in [5.74, 6) is -0.356. The number of ether oxygens (including phenoxy) is 1. The molecule has 184 valence electrons. The number of aromatic nitrogens is 1. The largest absolute Gasteiger partial charge is 0.434 e. The molecular weight excluding hydrogens is 482 g/mol. The van der Waals surface area contributed by atoms with Crippen molar-refractivity contribution in [2.45, 2.75) is 37.7 Å². The highest BCUT2D eigenvalue weighted by atomic mass is 32.2. The molecule has 2 fully saturated rings. The van der Waals surface area contributed by atoms with Crippen molar-refractivity contribution in [1.29, 1.82) is 0 Å². The second-order valence-corrected chi connectivity index (χ2v) is 9.04. The molecule has 2 N–H and O–H groups in total. The first-order chi connectivity index (χ1) is 15.2. The number of pyridine rings is 1. The normalized spacial score (nSPS) is 21.0. The van der Waals surface area contributed by atoms with Gasteiger partial charge in [0.2, 0.25) is 5.91 Å². The van der Waals surface area contributed by atoms with Crippen molar-refractivity contribution in [2.24, 2.45) is 11.3 Å². The summed E-state index contributed by atoms with van der Waals surface area (Å²) in [6.45, 7) is -0.248. The van der Waals surface area contributed by atoms with E-state index < -0.39 is 46.9 Å². The molecular formula is C18H20F6N4O4S. The minimum absolute atomic E-state index is 0.124. The molecule has 3 rings (SSSR count). The summed E-state index contributed by atoms with van der Waals surface area (Å²) < 4.78 is 93.0. The van der Waals surface area contributed by atoms with Crippen LogP contribution in [0.4, 0.5) is 42.6 Å². The zero-order valence-corrected chi connectivity index (χ0v) is 17.9. The lowest BCUT2D eigenvalue weighted by molar-refractivity contribution is -0.308. The Morgan fingerprint density at radius 3 is 2.27 bits per heavy atom. The highest BCUT2D eigenvalue weighted by Gasteiger charge is 2.61. The van der Waals surface area contributed by atoms with Gasteiger partial charge >= 0.3 is 18.4 Å². The van der Waals surface area contributed by atoms with E-state index in [1.165, 1.54) is 18.5 Å². The highest BCUT2D eigenvalue weighted by molar-refractivity contribution is 7.85. The summed E-state index contributed by atoms with van der Waals surface area (Å²) in [5, 5.41) is 2.69. The summed E-state index contributed by atoms with van der Waals surface area (Å²) in [6.07, 6.45) is -13.7. The molecule has 2 atom stereocenters. The molecule has 2 heterocycles.